The molecule has 0 N–H and O–H groups in total. The summed E-state index contributed by atoms with van der Waals surface area (Å²) in [7, 11) is 0. The van der Waals surface area contributed by atoms with Crippen LogP contribution in [0, 0.1) is 12.7 Å². The van der Waals surface area contributed by atoms with E-state index < -0.39 is 0 Å². The number of benzene rings is 2. The van der Waals surface area contributed by atoms with Crippen LogP contribution in [-0.2, 0) is 0 Å². The lowest BCUT2D eigenvalue weighted by Crippen LogP contribution is -2.03. The average Bonchev–Trinajstić information content (AvgIpc) is 2.77. The molecule has 3 aromatic rings. The average molecular weight is 368 g/mol. The summed E-state index contributed by atoms with van der Waals surface area (Å²) in [4.78, 5) is 4.61. The standard InChI is InChI=1S/C16H13BrClFN2/c1-9-3-5-13-15(7-9)21(16(20-13)10(2)18)14-6-4-11(19)8-12(14)17/h3-8,10H,1-2H3. The fourth-order valence-electron chi connectivity index (χ4n) is 2.39. The van der Waals surface area contributed by atoms with Crippen LogP contribution in [0.2, 0.25) is 0 Å². The molecule has 0 fully saturated rings. The quantitative estimate of drug-likeness (QED) is 0.544. The number of hydrogen-bond acceptors (Lipinski definition) is 1. The summed E-state index contributed by atoms with van der Waals surface area (Å²) in [5.74, 6) is 0.455. The molecule has 0 saturated heterocycles. The van der Waals surface area contributed by atoms with Gasteiger partial charge in [0, 0.05) is 4.47 Å². The van der Waals surface area contributed by atoms with Crippen LogP contribution in [0.15, 0.2) is 40.9 Å². The van der Waals surface area contributed by atoms with Crippen molar-refractivity contribution in [3.63, 3.8) is 0 Å². The molecule has 0 saturated carbocycles. The van der Waals surface area contributed by atoms with E-state index in [0.29, 0.717) is 4.47 Å². The molecule has 0 amide bonds. The molecule has 1 aromatic heterocycles. The third kappa shape index (κ3) is 2.58. The van der Waals surface area contributed by atoms with E-state index in [1.165, 1.54) is 12.1 Å². The van der Waals surface area contributed by atoms with Gasteiger partial charge in [0.25, 0.3) is 0 Å². The highest BCUT2D eigenvalue weighted by molar-refractivity contribution is 9.10. The summed E-state index contributed by atoms with van der Waals surface area (Å²) >= 11 is 9.70. The van der Waals surface area contributed by atoms with Crippen LogP contribution < -0.4 is 0 Å². The minimum absolute atomic E-state index is 0.255. The predicted molar refractivity (Wildman–Crippen MR) is 87.7 cm³/mol. The number of fused-ring (bicyclic) bond motifs is 1. The van der Waals surface area contributed by atoms with Crippen molar-refractivity contribution in [3.8, 4) is 5.69 Å². The van der Waals surface area contributed by atoms with E-state index in [2.05, 4.69) is 27.0 Å². The molecule has 0 aliphatic carbocycles. The van der Waals surface area contributed by atoms with Crippen LogP contribution in [0.4, 0.5) is 4.39 Å². The minimum Gasteiger partial charge on any atom is -0.294 e. The number of rotatable bonds is 2. The normalized spacial score (nSPS) is 12.8. The summed E-state index contributed by atoms with van der Waals surface area (Å²) in [6.45, 7) is 3.91. The number of halogens is 3. The Morgan fingerprint density at radius 2 is 2.00 bits per heavy atom. The molecule has 0 aliphatic rings. The zero-order chi connectivity index (χ0) is 15.1. The Kier molecular flexibility index (Phi) is 3.76. The van der Waals surface area contributed by atoms with E-state index >= 15 is 0 Å². The van der Waals surface area contributed by atoms with E-state index in [0.717, 1.165) is 28.1 Å². The van der Waals surface area contributed by atoms with Gasteiger partial charge in [-0.25, -0.2) is 9.37 Å². The van der Waals surface area contributed by atoms with E-state index in [9.17, 15) is 4.39 Å². The first-order valence-electron chi connectivity index (χ1n) is 6.56. The molecule has 1 heterocycles. The van der Waals surface area contributed by atoms with Crippen molar-refractivity contribution in [2.75, 3.05) is 0 Å². The Balaban J connectivity index is 2.38. The van der Waals surface area contributed by atoms with Gasteiger partial charge in [-0.1, -0.05) is 6.07 Å². The highest BCUT2D eigenvalue weighted by atomic mass is 79.9. The van der Waals surface area contributed by atoms with Crippen molar-refractivity contribution >= 4 is 38.6 Å². The van der Waals surface area contributed by atoms with Gasteiger partial charge < -0.3 is 0 Å². The summed E-state index contributed by atoms with van der Waals surface area (Å²) in [6, 6.07) is 10.7. The fraction of sp³-hybridized carbons (Fsp3) is 0.188. The maximum Gasteiger partial charge on any atom is 0.132 e. The van der Waals surface area contributed by atoms with Crippen molar-refractivity contribution in [1.82, 2.24) is 9.55 Å². The number of alkyl halides is 1. The predicted octanol–water partition coefficient (Wildman–Crippen LogP) is 5.54. The van der Waals surface area contributed by atoms with Gasteiger partial charge in [0.05, 0.1) is 22.1 Å². The number of imidazole rings is 1. The van der Waals surface area contributed by atoms with E-state index in [1.54, 1.807) is 6.07 Å². The molecular weight excluding hydrogens is 355 g/mol. The SMILES string of the molecule is Cc1ccc2nc(C(C)Cl)n(-c3ccc(F)cc3Br)c2c1. The Bertz CT molecular complexity index is 827. The molecule has 5 heteroatoms. The van der Waals surface area contributed by atoms with Crippen LogP contribution in [0.3, 0.4) is 0 Å². The molecule has 0 spiro atoms. The van der Waals surface area contributed by atoms with Crippen LogP contribution >= 0.6 is 27.5 Å². The molecule has 2 aromatic carbocycles. The second kappa shape index (κ2) is 5.43. The molecule has 0 radical (unpaired) electrons. The molecule has 0 aliphatic heterocycles. The number of aromatic nitrogens is 2. The lowest BCUT2D eigenvalue weighted by molar-refractivity contribution is 0.626. The van der Waals surface area contributed by atoms with Gasteiger partial charge in [0.15, 0.2) is 0 Å². The molecule has 21 heavy (non-hydrogen) atoms. The maximum atomic E-state index is 13.3. The Morgan fingerprint density at radius 1 is 1.24 bits per heavy atom. The monoisotopic (exact) mass is 366 g/mol. The molecule has 1 atom stereocenters. The van der Waals surface area contributed by atoms with Crippen LogP contribution in [0.1, 0.15) is 23.7 Å². The lowest BCUT2D eigenvalue weighted by Gasteiger charge is -2.12. The van der Waals surface area contributed by atoms with Crippen LogP contribution in [0.5, 0.6) is 0 Å². The molecule has 1 unspecified atom stereocenters. The summed E-state index contributed by atoms with van der Waals surface area (Å²) in [5.41, 5.74) is 3.80. The maximum absolute atomic E-state index is 13.3. The van der Waals surface area contributed by atoms with Crippen molar-refractivity contribution in [1.29, 1.82) is 0 Å². The van der Waals surface area contributed by atoms with Gasteiger partial charge in [-0.15, -0.1) is 11.6 Å². The van der Waals surface area contributed by atoms with Crippen molar-refractivity contribution in [2.45, 2.75) is 19.2 Å². The van der Waals surface area contributed by atoms with Gasteiger partial charge in [-0.05, 0) is 65.7 Å². The highest BCUT2D eigenvalue weighted by Crippen LogP contribution is 2.32. The van der Waals surface area contributed by atoms with E-state index in [-0.39, 0.29) is 11.2 Å². The van der Waals surface area contributed by atoms with Crippen molar-refractivity contribution in [2.24, 2.45) is 0 Å². The Labute approximate surface area is 135 Å². The molecule has 3 rings (SSSR count). The van der Waals surface area contributed by atoms with E-state index in [1.807, 2.05) is 30.5 Å². The van der Waals surface area contributed by atoms with Crippen LogP contribution in [-0.4, -0.2) is 9.55 Å². The summed E-state index contributed by atoms with van der Waals surface area (Å²) in [5, 5.41) is -0.255. The van der Waals surface area contributed by atoms with Gasteiger partial charge in [-0.2, -0.15) is 0 Å². The number of aryl methyl sites for hydroxylation is 1. The molecule has 2 nitrogen and oxygen atoms in total. The van der Waals surface area contributed by atoms with Gasteiger partial charge >= 0.3 is 0 Å². The van der Waals surface area contributed by atoms with Crippen molar-refractivity contribution < 1.29 is 4.39 Å². The van der Waals surface area contributed by atoms with E-state index in [4.69, 9.17) is 11.6 Å². The first-order chi connectivity index (χ1) is 9.97. The third-order valence-corrected chi connectivity index (χ3v) is 4.17. The third-order valence-electron chi connectivity index (χ3n) is 3.34. The largest absolute Gasteiger partial charge is 0.294 e. The highest BCUT2D eigenvalue weighted by Gasteiger charge is 2.18. The molecular formula is C16H13BrClFN2. The topological polar surface area (TPSA) is 17.8 Å². The molecule has 0 bridgehead atoms. The second-order valence-electron chi connectivity index (χ2n) is 5.01. The summed E-state index contributed by atoms with van der Waals surface area (Å²) in [6.07, 6.45) is 0. The van der Waals surface area contributed by atoms with Crippen molar-refractivity contribution in [3.05, 3.63) is 58.1 Å². The lowest BCUT2D eigenvalue weighted by atomic mass is 10.2. The fourth-order valence-corrected chi connectivity index (χ4v) is 3.06. The zero-order valence-electron chi connectivity index (χ0n) is 11.6. The Hall–Kier alpha value is -1.39. The van der Waals surface area contributed by atoms with Gasteiger partial charge in [0.1, 0.15) is 11.6 Å². The van der Waals surface area contributed by atoms with Gasteiger partial charge in [-0.3, -0.25) is 4.57 Å². The molecule has 108 valence electrons. The number of nitrogens with zero attached hydrogens (tertiary/aromatic N) is 2. The summed E-state index contributed by atoms with van der Waals surface area (Å²) < 4.78 is 16.0. The smallest absolute Gasteiger partial charge is 0.132 e. The number of hydrogen-bond donors (Lipinski definition) is 0. The first kappa shape index (κ1) is 14.5. The Morgan fingerprint density at radius 3 is 2.67 bits per heavy atom. The zero-order valence-corrected chi connectivity index (χ0v) is 13.9. The second-order valence-corrected chi connectivity index (χ2v) is 6.52. The minimum atomic E-state index is -0.285. The van der Waals surface area contributed by atoms with Gasteiger partial charge in [0.2, 0.25) is 0 Å². The first-order valence-corrected chi connectivity index (χ1v) is 7.79. The van der Waals surface area contributed by atoms with Crippen LogP contribution in [0.25, 0.3) is 16.7 Å².